The van der Waals surface area contributed by atoms with Gasteiger partial charge in [0, 0.05) is 19.1 Å². The number of methoxy groups -OCH3 is 1. The summed E-state index contributed by atoms with van der Waals surface area (Å²) in [6.45, 7) is 6.12. The topological polar surface area (TPSA) is 32.8 Å². The molecular weight excluding hydrogens is 276 g/mol. The van der Waals surface area contributed by atoms with Crippen LogP contribution in [-0.4, -0.2) is 55.0 Å². The van der Waals surface area contributed by atoms with E-state index in [1.165, 1.54) is 32.4 Å². The summed E-state index contributed by atoms with van der Waals surface area (Å²) in [6, 6.07) is 6.35. The minimum Gasteiger partial charge on any atom is -0.496 e. The van der Waals surface area contributed by atoms with E-state index in [1.807, 2.05) is 30.0 Å². The number of carbonyl (C=O) groups is 1. The van der Waals surface area contributed by atoms with Gasteiger partial charge in [-0.25, -0.2) is 0 Å². The van der Waals surface area contributed by atoms with Crippen molar-refractivity contribution in [3.63, 3.8) is 0 Å². The molecule has 4 heteroatoms. The molecule has 120 valence electrons. The molecule has 0 spiro atoms. The van der Waals surface area contributed by atoms with Gasteiger partial charge in [0.1, 0.15) is 5.75 Å². The van der Waals surface area contributed by atoms with E-state index in [0.717, 1.165) is 25.1 Å². The zero-order valence-corrected chi connectivity index (χ0v) is 13.7. The molecule has 2 aliphatic rings. The van der Waals surface area contributed by atoms with Crippen molar-refractivity contribution >= 4 is 5.91 Å². The van der Waals surface area contributed by atoms with Crippen LogP contribution in [0, 0.1) is 6.92 Å². The highest BCUT2D eigenvalue weighted by molar-refractivity contribution is 5.97. The number of amides is 1. The van der Waals surface area contributed by atoms with Gasteiger partial charge in [-0.2, -0.15) is 0 Å². The van der Waals surface area contributed by atoms with Gasteiger partial charge >= 0.3 is 0 Å². The van der Waals surface area contributed by atoms with Gasteiger partial charge in [-0.3, -0.25) is 9.69 Å². The first-order chi connectivity index (χ1) is 10.7. The van der Waals surface area contributed by atoms with Gasteiger partial charge in [-0.1, -0.05) is 18.1 Å². The predicted molar refractivity (Wildman–Crippen MR) is 87.5 cm³/mol. The number of nitrogens with zero attached hydrogens (tertiary/aromatic N) is 2. The Morgan fingerprint density at radius 3 is 2.68 bits per heavy atom. The molecule has 1 aromatic carbocycles. The lowest BCUT2D eigenvalue weighted by Crippen LogP contribution is -2.41. The largest absolute Gasteiger partial charge is 0.496 e. The second kappa shape index (κ2) is 6.69. The molecule has 1 amide bonds. The highest BCUT2D eigenvalue weighted by Crippen LogP contribution is 2.25. The maximum absolute atomic E-state index is 12.8. The van der Waals surface area contributed by atoms with Crippen LogP contribution in [-0.2, 0) is 0 Å². The van der Waals surface area contributed by atoms with E-state index >= 15 is 0 Å². The first-order valence-corrected chi connectivity index (χ1v) is 8.37. The Bertz CT molecular complexity index is 538. The first-order valence-electron chi connectivity index (χ1n) is 8.37. The monoisotopic (exact) mass is 302 g/mol. The SMILES string of the molecule is COc1ccc(C)cc1C(=O)N1CC[C@H](N2CCCCC2)C1. The summed E-state index contributed by atoms with van der Waals surface area (Å²) >= 11 is 0. The van der Waals surface area contributed by atoms with Gasteiger partial charge in [0.15, 0.2) is 0 Å². The molecule has 0 unspecified atom stereocenters. The Hall–Kier alpha value is -1.55. The highest BCUT2D eigenvalue weighted by atomic mass is 16.5. The Kier molecular flexibility index (Phi) is 4.67. The van der Waals surface area contributed by atoms with Crippen molar-refractivity contribution in [2.45, 2.75) is 38.6 Å². The molecule has 1 atom stereocenters. The zero-order valence-electron chi connectivity index (χ0n) is 13.7. The standard InChI is InChI=1S/C18H26N2O2/c1-14-6-7-17(22-2)16(12-14)18(21)20-11-8-15(13-20)19-9-4-3-5-10-19/h6-7,12,15H,3-5,8-11,13H2,1-2H3/t15-/m0/s1. The van der Waals surface area contributed by atoms with Crippen molar-refractivity contribution in [2.24, 2.45) is 0 Å². The average Bonchev–Trinajstić information content (AvgIpc) is 3.05. The van der Waals surface area contributed by atoms with Gasteiger partial charge in [-0.05, 0) is 51.4 Å². The van der Waals surface area contributed by atoms with E-state index in [9.17, 15) is 4.79 Å². The molecule has 0 saturated carbocycles. The average molecular weight is 302 g/mol. The fraction of sp³-hybridized carbons (Fsp3) is 0.611. The number of hydrogen-bond donors (Lipinski definition) is 0. The van der Waals surface area contributed by atoms with Crippen LogP contribution in [0.15, 0.2) is 18.2 Å². The summed E-state index contributed by atoms with van der Waals surface area (Å²) in [5, 5.41) is 0. The van der Waals surface area contributed by atoms with Crippen LogP contribution >= 0.6 is 0 Å². The summed E-state index contributed by atoms with van der Waals surface area (Å²) in [5.74, 6) is 0.789. The number of rotatable bonds is 3. The molecule has 0 aromatic heterocycles. The molecule has 0 N–H and O–H groups in total. The van der Waals surface area contributed by atoms with Gasteiger partial charge < -0.3 is 9.64 Å². The fourth-order valence-corrected chi connectivity index (χ4v) is 3.67. The minimum absolute atomic E-state index is 0.111. The quantitative estimate of drug-likeness (QED) is 0.860. The summed E-state index contributed by atoms with van der Waals surface area (Å²) in [7, 11) is 1.63. The molecular formula is C18H26N2O2. The summed E-state index contributed by atoms with van der Waals surface area (Å²) in [4.78, 5) is 17.4. The van der Waals surface area contributed by atoms with Crippen LogP contribution in [0.25, 0.3) is 0 Å². The Morgan fingerprint density at radius 2 is 1.95 bits per heavy atom. The smallest absolute Gasteiger partial charge is 0.257 e. The molecule has 3 rings (SSSR count). The summed E-state index contributed by atoms with van der Waals surface area (Å²) in [5.41, 5.74) is 1.79. The van der Waals surface area contributed by atoms with E-state index in [4.69, 9.17) is 4.74 Å². The molecule has 0 aliphatic carbocycles. The number of carbonyl (C=O) groups excluding carboxylic acids is 1. The maximum Gasteiger partial charge on any atom is 0.257 e. The van der Waals surface area contributed by atoms with Crippen molar-refractivity contribution in [1.82, 2.24) is 9.80 Å². The Balaban J connectivity index is 1.70. The molecule has 2 heterocycles. The lowest BCUT2D eigenvalue weighted by atomic mass is 10.1. The number of piperidine rings is 1. The van der Waals surface area contributed by atoms with Gasteiger partial charge in [0.25, 0.3) is 5.91 Å². The lowest BCUT2D eigenvalue weighted by Gasteiger charge is -2.32. The molecule has 2 aliphatic heterocycles. The second-order valence-corrected chi connectivity index (χ2v) is 6.49. The fourth-order valence-electron chi connectivity index (χ4n) is 3.67. The van der Waals surface area contributed by atoms with Crippen molar-refractivity contribution < 1.29 is 9.53 Å². The Morgan fingerprint density at radius 1 is 1.18 bits per heavy atom. The van der Waals surface area contributed by atoms with E-state index < -0.39 is 0 Å². The van der Waals surface area contributed by atoms with Crippen LogP contribution < -0.4 is 4.74 Å². The van der Waals surface area contributed by atoms with Crippen LogP contribution in [0.3, 0.4) is 0 Å². The van der Waals surface area contributed by atoms with Gasteiger partial charge in [0.2, 0.25) is 0 Å². The normalized spacial score (nSPS) is 22.8. The third-order valence-corrected chi connectivity index (χ3v) is 4.94. The number of ether oxygens (including phenoxy) is 1. The molecule has 22 heavy (non-hydrogen) atoms. The van der Waals surface area contributed by atoms with E-state index in [1.54, 1.807) is 7.11 Å². The molecule has 0 bridgehead atoms. The molecule has 4 nitrogen and oxygen atoms in total. The third-order valence-electron chi connectivity index (χ3n) is 4.94. The zero-order chi connectivity index (χ0) is 15.5. The van der Waals surface area contributed by atoms with Crippen LogP contribution in [0.1, 0.15) is 41.6 Å². The van der Waals surface area contributed by atoms with Crippen molar-refractivity contribution in [3.05, 3.63) is 29.3 Å². The van der Waals surface area contributed by atoms with E-state index in [2.05, 4.69) is 4.90 Å². The highest BCUT2D eigenvalue weighted by Gasteiger charge is 2.32. The number of aryl methyl sites for hydroxylation is 1. The molecule has 0 radical (unpaired) electrons. The maximum atomic E-state index is 12.8. The molecule has 1 aromatic rings. The van der Waals surface area contributed by atoms with Crippen molar-refractivity contribution in [1.29, 1.82) is 0 Å². The Labute approximate surface area is 133 Å². The first kappa shape index (κ1) is 15.3. The van der Waals surface area contributed by atoms with Crippen LogP contribution in [0.2, 0.25) is 0 Å². The van der Waals surface area contributed by atoms with E-state index in [-0.39, 0.29) is 5.91 Å². The van der Waals surface area contributed by atoms with Crippen molar-refractivity contribution in [2.75, 3.05) is 33.3 Å². The van der Waals surface area contributed by atoms with Gasteiger partial charge in [0.05, 0.1) is 12.7 Å². The van der Waals surface area contributed by atoms with Crippen LogP contribution in [0.5, 0.6) is 5.75 Å². The number of hydrogen-bond acceptors (Lipinski definition) is 3. The predicted octanol–water partition coefficient (Wildman–Crippen LogP) is 2.70. The summed E-state index contributed by atoms with van der Waals surface area (Å²) < 4.78 is 5.37. The molecule has 2 fully saturated rings. The second-order valence-electron chi connectivity index (χ2n) is 6.49. The summed E-state index contributed by atoms with van der Waals surface area (Å²) in [6.07, 6.45) is 5.05. The molecule has 2 saturated heterocycles. The third kappa shape index (κ3) is 3.12. The number of benzene rings is 1. The number of likely N-dealkylation sites (tertiary alicyclic amines) is 2. The van der Waals surface area contributed by atoms with E-state index in [0.29, 0.717) is 17.4 Å². The van der Waals surface area contributed by atoms with Crippen molar-refractivity contribution in [3.8, 4) is 5.75 Å². The van der Waals surface area contributed by atoms with Gasteiger partial charge in [-0.15, -0.1) is 0 Å². The minimum atomic E-state index is 0.111. The lowest BCUT2D eigenvalue weighted by molar-refractivity contribution is 0.0768. The van der Waals surface area contributed by atoms with Crippen LogP contribution in [0.4, 0.5) is 0 Å².